The number of hydrogen-bond donors (Lipinski definition) is 3. The molecule has 1 aromatic rings. The van der Waals surface area contributed by atoms with E-state index in [-0.39, 0.29) is 41.9 Å². The predicted octanol–water partition coefficient (Wildman–Crippen LogP) is 0.918. The second-order valence-electron chi connectivity index (χ2n) is 5.31. The molecule has 22 heavy (non-hydrogen) atoms. The molecule has 7 nitrogen and oxygen atoms in total. The van der Waals surface area contributed by atoms with Crippen LogP contribution in [0.1, 0.15) is 35.7 Å². The van der Waals surface area contributed by atoms with E-state index in [9.17, 15) is 24.9 Å². The van der Waals surface area contributed by atoms with Gasteiger partial charge in [0.05, 0.1) is 25.2 Å². The number of ether oxygens (including phenoxy) is 2. The number of ketones is 1. The van der Waals surface area contributed by atoms with Gasteiger partial charge in [-0.25, -0.2) is 0 Å². The van der Waals surface area contributed by atoms with Gasteiger partial charge in [-0.2, -0.15) is 0 Å². The molecule has 0 aromatic heterocycles. The van der Waals surface area contributed by atoms with E-state index in [1.54, 1.807) is 6.92 Å². The van der Waals surface area contributed by atoms with Gasteiger partial charge < -0.3 is 24.8 Å². The van der Waals surface area contributed by atoms with Crippen LogP contribution >= 0.6 is 0 Å². The minimum atomic E-state index is -1.000. The number of aliphatic hydroxyl groups excluding tert-OH is 1. The maximum Gasteiger partial charge on any atom is 0.310 e. The summed E-state index contributed by atoms with van der Waals surface area (Å²) >= 11 is 0. The smallest absolute Gasteiger partial charge is 0.310 e. The number of phenolic OH excluding ortho intramolecular Hbond substituents is 2. The summed E-state index contributed by atoms with van der Waals surface area (Å²) in [5.41, 5.74) is -0.00713. The van der Waals surface area contributed by atoms with Gasteiger partial charge in [0.1, 0.15) is 6.10 Å². The number of aromatic hydroxyl groups is 2. The number of carbonyl (C=O) groups is 2. The number of cyclic esters (lactones) is 1. The zero-order valence-corrected chi connectivity index (χ0v) is 12.3. The van der Waals surface area contributed by atoms with Crippen LogP contribution in [0.3, 0.4) is 0 Å². The molecule has 0 unspecified atom stereocenters. The lowest BCUT2D eigenvalue weighted by molar-refractivity contribution is -0.148. The van der Waals surface area contributed by atoms with Gasteiger partial charge >= 0.3 is 5.97 Å². The van der Waals surface area contributed by atoms with Gasteiger partial charge in [0, 0.05) is 12.8 Å². The van der Waals surface area contributed by atoms with Crippen LogP contribution in [0, 0.1) is 0 Å². The van der Waals surface area contributed by atoms with Crippen molar-refractivity contribution in [2.45, 2.75) is 38.4 Å². The molecule has 0 saturated heterocycles. The molecule has 0 bridgehead atoms. The molecule has 1 heterocycles. The molecular weight excluding hydrogens is 292 g/mol. The van der Waals surface area contributed by atoms with Gasteiger partial charge in [0.15, 0.2) is 17.3 Å². The Labute approximate surface area is 127 Å². The zero-order valence-electron chi connectivity index (χ0n) is 12.3. The fraction of sp³-hybridized carbons (Fsp3) is 0.467. The number of aliphatic hydroxyl groups is 1. The van der Waals surface area contributed by atoms with Gasteiger partial charge in [0.2, 0.25) is 5.75 Å². The maximum absolute atomic E-state index is 12.3. The largest absolute Gasteiger partial charge is 0.504 e. The third-order valence-electron chi connectivity index (χ3n) is 3.49. The quantitative estimate of drug-likeness (QED) is 0.661. The Kier molecular flexibility index (Phi) is 4.56. The first-order valence-electron chi connectivity index (χ1n) is 6.86. The number of hydrogen-bond acceptors (Lipinski definition) is 7. The van der Waals surface area contributed by atoms with Crippen molar-refractivity contribution < 1.29 is 34.4 Å². The highest BCUT2D eigenvalue weighted by atomic mass is 16.5. The topological polar surface area (TPSA) is 113 Å². The number of Topliss-reactive ketones (excluding diaryl/α,β-unsaturated/α-hetero) is 1. The molecule has 0 spiro atoms. The molecule has 1 aliphatic rings. The Balaban J connectivity index is 2.56. The SMILES string of the molecule is COc1c(O)cc2c(c1O)C(=O)C[C@@H](O)C[C@H](C)OC(=O)C2. The van der Waals surface area contributed by atoms with Crippen molar-refractivity contribution in [3.63, 3.8) is 0 Å². The number of methoxy groups -OCH3 is 1. The van der Waals surface area contributed by atoms with E-state index in [1.807, 2.05) is 0 Å². The summed E-state index contributed by atoms with van der Waals surface area (Å²) in [6.07, 6.45) is -1.90. The molecule has 2 atom stereocenters. The lowest BCUT2D eigenvalue weighted by atomic mass is 9.93. The van der Waals surface area contributed by atoms with E-state index in [0.717, 1.165) is 0 Å². The van der Waals surface area contributed by atoms with Crippen LogP contribution in [0.2, 0.25) is 0 Å². The number of fused-ring (bicyclic) bond motifs is 1. The Morgan fingerprint density at radius 1 is 1.32 bits per heavy atom. The van der Waals surface area contributed by atoms with Crippen LogP contribution in [0.4, 0.5) is 0 Å². The van der Waals surface area contributed by atoms with E-state index in [2.05, 4.69) is 0 Å². The summed E-state index contributed by atoms with van der Waals surface area (Å²) in [6, 6.07) is 1.19. The van der Waals surface area contributed by atoms with Crippen LogP contribution in [0.25, 0.3) is 0 Å². The maximum atomic E-state index is 12.3. The van der Waals surface area contributed by atoms with Gasteiger partial charge in [0.25, 0.3) is 0 Å². The average Bonchev–Trinajstić information content (AvgIpc) is 2.36. The second-order valence-corrected chi connectivity index (χ2v) is 5.31. The number of benzene rings is 1. The summed E-state index contributed by atoms with van der Waals surface area (Å²) in [4.78, 5) is 24.2. The van der Waals surface area contributed by atoms with Crippen LogP contribution in [0.5, 0.6) is 17.2 Å². The molecule has 0 fully saturated rings. The van der Waals surface area contributed by atoms with E-state index in [0.29, 0.717) is 0 Å². The molecule has 2 rings (SSSR count). The van der Waals surface area contributed by atoms with Crippen LogP contribution in [0.15, 0.2) is 6.07 Å². The average molecular weight is 310 g/mol. The molecule has 120 valence electrons. The number of phenols is 2. The third-order valence-corrected chi connectivity index (χ3v) is 3.49. The predicted molar refractivity (Wildman–Crippen MR) is 75.2 cm³/mol. The van der Waals surface area contributed by atoms with Gasteiger partial charge in [-0.05, 0) is 18.6 Å². The van der Waals surface area contributed by atoms with E-state index in [1.165, 1.54) is 13.2 Å². The molecule has 0 aliphatic carbocycles. The van der Waals surface area contributed by atoms with E-state index >= 15 is 0 Å². The van der Waals surface area contributed by atoms with Crippen LogP contribution in [-0.2, 0) is 16.0 Å². The Bertz CT molecular complexity index is 608. The molecule has 0 saturated carbocycles. The molecule has 0 radical (unpaired) electrons. The number of carbonyl (C=O) groups excluding carboxylic acids is 2. The Morgan fingerprint density at radius 3 is 2.64 bits per heavy atom. The highest BCUT2D eigenvalue weighted by Crippen LogP contribution is 2.41. The van der Waals surface area contributed by atoms with Crippen molar-refractivity contribution in [2.75, 3.05) is 7.11 Å². The van der Waals surface area contributed by atoms with Crippen molar-refractivity contribution in [1.82, 2.24) is 0 Å². The minimum absolute atomic E-state index is 0.128. The first-order chi connectivity index (χ1) is 10.3. The fourth-order valence-electron chi connectivity index (χ4n) is 2.59. The summed E-state index contributed by atoms with van der Waals surface area (Å²) in [5, 5.41) is 29.8. The summed E-state index contributed by atoms with van der Waals surface area (Å²) in [6.45, 7) is 1.62. The second kappa shape index (κ2) is 6.23. The standard InChI is InChI=1S/C15H18O7/c1-7-3-9(16)6-10(17)13-8(5-12(19)22-7)4-11(18)15(21-2)14(13)20/h4,7,9,16,18,20H,3,5-6H2,1-2H3/t7-,9-/m0/s1. The van der Waals surface area contributed by atoms with E-state index < -0.39 is 29.7 Å². The van der Waals surface area contributed by atoms with Crippen molar-refractivity contribution in [2.24, 2.45) is 0 Å². The molecule has 3 N–H and O–H groups in total. The van der Waals surface area contributed by atoms with E-state index in [4.69, 9.17) is 9.47 Å². The van der Waals surface area contributed by atoms with Crippen molar-refractivity contribution in [3.05, 3.63) is 17.2 Å². The molecule has 1 aromatic carbocycles. The fourth-order valence-corrected chi connectivity index (χ4v) is 2.59. The molecular formula is C15H18O7. The molecule has 7 heteroatoms. The molecule has 0 amide bonds. The van der Waals surface area contributed by atoms with Gasteiger partial charge in [-0.15, -0.1) is 0 Å². The Morgan fingerprint density at radius 2 is 2.00 bits per heavy atom. The minimum Gasteiger partial charge on any atom is -0.504 e. The highest BCUT2D eigenvalue weighted by molar-refractivity contribution is 6.02. The first-order valence-corrected chi connectivity index (χ1v) is 6.86. The first kappa shape index (κ1) is 16.1. The van der Waals surface area contributed by atoms with Crippen molar-refractivity contribution >= 4 is 11.8 Å². The summed E-state index contributed by atoms with van der Waals surface area (Å²) in [5.74, 6) is -2.32. The highest BCUT2D eigenvalue weighted by Gasteiger charge is 2.28. The van der Waals surface area contributed by atoms with Crippen LogP contribution < -0.4 is 4.74 Å². The third kappa shape index (κ3) is 3.14. The number of rotatable bonds is 1. The van der Waals surface area contributed by atoms with Gasteiger partial charge in [-0.1, -0.05) is 0 Å². The normalized spacial score (nSPS) is 22.7. The van der Waals surface area contributed by atoms with Gasteiger partial charge in [-0.3, -0.25) is 9.59 Å². The zero-order chi connectivity index (χ0) is 16.4. The van der Waals surface area contributed by atoms with Crippen LogP contribution in [-0.4, -0.2) is 46.4 Å². The lowest BCUT2D eigenvalue weighted by Crippen LogP contribution is -2.26. The lowest BCUT2D eigenvalue weighted by Gasteiger charge is -2.21. The monoisotopic (exact) mass is 310 g/mol. The number of esters is 1. The summed E-state index contributed by atoms with van der Waals surface area (Å²) < 4.78 is 9.98. The van der Waals surface area contributed by atoms with Crippen molar-refractivity contribution in [1.29, 1.82) is 0 Å². The molecule has 1 aliphatic heterocycles. The summed E-state index contributed by atoms with van der Waals surface area (Å²) in [7, 11) is 1.23. The Hall–Kier alpha value is -2.28. The van der Waals surface area contributed by atoms with Crippen molar-refractivity contribution in [3.8, 4) is 17.2 Å².